The van der Waals surface area contributed by atoms with Crippen molar-refractivity contribution >= 4 is 22.8 Å². The van der Waals surface area contributed by atoms with Gasteiger partial charge in [-0.2, -0.15) is 0 Å². The van der Waals surface area contributed by atoms with Crippen LogP contribution in [0.15, 0.2) is 30.5 Å². The smallest absolute Gasteiger partial charge is 0.310 e. The van der Waals surface area contributed by atoms with Crippen LogP contribution in [0.5, 0.6) is 0 Å². The number of esters is 1. The molecule has 1 N–H and O–H groups in total. The number of carbonyl (C=O) groups excluding carboxylic acids is 2. The molecule has 0 saturated carbocycles. The fourth-order valence-electron chi connectivity index (χ4n) is 2.17. The Balaban J connectivity index is 2.11. The van der Waals surface area contributed by atoms with Gasteiger partial charge in [0.05, 0.1) is 13.0 Å². The van der Waals surface area contributed by atoms with Gasteiger partial charge in [-0.05, 0) is 23.6 Å². The van der Waals surface area contributed by atoms with Crippen LogP contribution in [-0.4, -0.2) is 42.5 Å². The molecule has 20 heavy (non-hydrogen) atoms. The Labute approximate surface area is 117 Å². The van der Waals surface area contributed by atoms with Crippen LogP contribution in [-0.2, 0) is 9.53 Å². The number of amides is 1. The Bertz CT molecular complexity index is 633. The van der Waals surface area contributed by atoms with E-state index in [1.54, 1.807) is 20.0 Å². The van der Waals surface area contributed by atoms with Crippen LogP contribution in [0.4, 0.5) is 0 Å². The number of aromatic amines is 1. The van der Waals surface area contributed by atoms with Crippen molar-refractivity contribution in [1.29, 1.82) is 0 Å². The summed E-state index contributed by atoms with van der Waals surface area (Å²) in [7, 11) is 3.03. The molecule has 1 heterocycles. The van der Waals surface area contributed by atoms with Crippen LogP contribution in [0.1, 0.15) is 17.3 Å². The van der Waals surface area contributed by atoms with Crippen LogP contribution < -0.4 is 0 Å². The maximum atomic E-state index is 12.3. The predicted octanol–water partition coefficient (Wildman–Crippen LogP) is 2.05. The molecule has 1 aromatic heterocycles. The van der Waals surface area contributed by atoms with Crippen LogP contribution in [0.2, 0.25) is 0 Å². The first-order chi connectivity index (χ1) is 9.52. The number of nitrogens with one attached hydrogen (secondary N) is 1. The molecular weight excluding hydrogens is 256 g/mol. The lowest BCUT2D eigenvalue weighted by Gasteiger charge is -2.20. The molecule has 5 nitrogen and oxygen atoms in total. The maximum Gasteiger partial charge on any atom is 0.310 e. The molecule has 0 aliphatic carbocycles. The fourth-order valence-corrected chi connectivity index (χ4v) is 2.17. The van der Waals surface area contributed by atoms with E-state index in [1.165, 1.54) is 12.0 Å². The minimum atomic E-state index is -0.344. The molecular formula is C15H18N2O3. The third-order valence-corrected chi connectivity index (χ3v) is 3.30. The van der Waals surface area contributed by atoms with Crippen molar-refractivity contribution in [1.82, 2.24) is 9.88 Å². The van der Waals surface area contributed by atoms with Gasteiger partial charge < -0.3 is 14.6 Å². The van der Waals surface area contributed by atoms with Crippen molar-refractivity contribution in [3.05, 3.63) is 36.0 Å². The number of carbonyl (C=O) groups is 2. The average Bonchev–Trinajstić information content (AvgIpc) is 2.92. The van der Waals surface area contributed by atoms with E-state index in [1.807, 2.05) is 24.4 Å². The second-order valence-corrected chi connectivity index (χ2v) is 4.89. The third kappa shape index (κ3) is 2.82. The van der Waals surface area contributed by atoms with E-state index < -0.39 is 0 Å². The van der Waals surface area contributed by atoms with Gasteiger partial charge in [-0.1, -0.05) is 13.0 Å². The monoisotopic (exact) mass is 274 g/mol. The van der Waals surface area contributed by atoms with Crippen molar-refractivity contribution in [2.45, 2.75) is 6.92 Å². The summed E-state index contributed by atoms with van der Waals surface area (Å²) >= 11 is 0. The molecule has 0 fully saturated rings. The molecule has 0 bridgehead atoms. The van der Waals surface area contributed by atoms with E-state index in [-0.39, 0.29) is 17.8 Å². The van der Waals surface area contributed by atoms with Crippen LogP contribution in [0.3, 0.4) is 0 Å². The minimum Gasteiger partial charge on any atom is -0.469 e. The highest BCUT2D eigenvalue weighted by Crippen LogP contribution is 2.15. The molecule has 106 valence electrons. The van der Waals surface area contributed by atoms with Gasteiger partial charge in [-0.15, -0.1) is 0 Å². The highest BCUT2D eigenvalue weighted by molar-refractivity contribution is 5.98. The van der Waals surface area contributed by atoms with Crippen molar-refractivity contribution in [3.63, 3.8) is 0 Å². The van der Waals surface area contributed by atoms with Gasteiger partial charge in [0.1, 0.15) is 0 Å². The van der Waals surface area contributed by atoms with Crippen molar-refractivity contribution < 1.29 is 14.3 Å². The quantitative estimate of drug-likeness (QED) is 0.868. The molecule has 5 heteroatoms. The number of ether oxygens (including phenoxy) is 1. The largest absolute Gasteiger partial charge is 0.469 e. The van der Waals surface area contributed by atoms with Gasteiger partial charge >= 0.3 is 5.97 Å². The standard InChI is InChI=1S/C15H18N2O3/c1-10(15(19)20-3)9-17(2)14(18)12-5-4-11-6-7-16-13(11)8-12/h4-8,10,16H,9H2,1-3H3. The summed E-state index contributed by atoms with van der Waals surface area (Å²) in [5.41, 5.74) is 1.52. The van der Waals surface area contributed by atoms with E-state index >= 15 is 0 Å². The lowest BCUT2D eigenvalue weighted by molar-refractivity contribution is -0.145. The number of methoxy groups -OCH3 is 1. The van der Waals surface area contributed by atoms with E-state index in [0.29, 0.717) is 12.1 Å². The Hall–Kier alpha value is -2.30. The average molecular weight is 274 g/mol. The van der Waals surface area contributed by atoms with Gasteiger partial charge in [-0.3, -0.25) is 9.59 Å². The van der Waals surface area contributed by atoms with Crippen LogP contribution in [0.25, 0.3) is 10.9 Å². The molecule has 1 aromatic carbocycles. The maximum absolute atomic E-state index is 12.3. The summed E-state index contributed by atoms with van der Waals surface area (Å²) in [5, 5.41) is 1.06. The molecule has 2 aromatic rings. The molecule has 0 aliphatic heterocycles. The van der Waals surface area contributed by atoms with E-state index in [9.17, 15) is 9.59 Å². The highest BCUT2D eigenvalue weighted by atomic mass is 16.5. The van der Waals surface area contributed by atoms with Gasteiger partial charge in [0.25, 0.3) is 5.91 Å². The zero-order valence-corrected chi connectivity index (χ0v) is 11.8. The summed E-state index contributed by atoms with van der Waals surface area (Å²) < 4.78 is 4.66. The van der Waals surface area contributed by atoms with Crippen LogP contribution in [0, 0.1) is 5.92 Å². The molecule has 0 radical (unpaired) electrons. The Morgan fingerprint density at radius 2 is 2.10 bits per heavy atom. The SMILES string of the molecule is COC(=O)C(C)CN(C)C(=O)c1ccc2cc[nH]c2c1. The second-order valence-electron chi connectivity index (χ2n) is 4.89. The molecule has 2 rings (SSSR count). The molecule has 0 aliphatic rings. The Morgan fingerprint density at radius 1 is 1.35 bits per heavy atom. The minimum absolute atomic E-state index is 0.114. The van der Waals surface area contributed by atoms with E-state index in [4.69, 9.17) is 0 Å². The topological polar surface area (TPSA) is 62.4 Å². The fraction of sp³-hybridized carbons (Fsp3) is 0.333. The van der Waals surface area contributed by atoms with Crippen molar-refractivity contribution in [3.8, 4) is 0 Å². The zero-order valence-electron chi connectivity index (χ0n) is 11.8. The predicted molar refractivity (Wildman–Crippen MR) is 76.4 cm³/mol. The summed E-state index contributed by atoms with van der Waals surface area (Å²) in [4.78, 5) is 28.3. The molecule has 1 atom stereocenters. The third-order valence-electron chi connectivity index (χ3n) is 3.30. The zero-order chi connectivity index (χ0) is 14.7. The number of benzene rings is 1. The summed E-state index contributed by atoms with van der Waals surface area (Å²) in [6.07, 6.45) is 1.84. The summed E-state index contributed by atoms with van der Waals surface area (Å²) in [6.45, 7) is 2.07. The number of fused-ring (bicyclic) bond motifs is 1. The lowest BCUT2D eigenvalue weighted by Crippen LogP contribution is -2.34. The van der Waals surface area contributed by atoms with Crippen molar-refractivity contribution in [2.75, 3.05) is 20.7 Å². The first-order valence-corrected chi connectivity index (χ1v) is 6.43. The van der Waals surface area contributed by atoms with E-state index in [0.717, 1.165) is 10.9 Å². The van der Waals surface area contributed by atoms with E-state index in [2.05, 4.69) is 9.72 Å². The Kier molecular flexibility index (Phi) is 4.08. The molecule has 1 unspecified atom stereocenters. The number of nitrogens with zero attached hydrogens (tertiary/aromatic N) is 1. The van der Waals surface area contributed by atoms with Crippen LogP contribution >= 0.6 is 0 Å². The molecule has 0 spiro atoms. The lowest BCUT2D eigenvalue weighted by atomic mass is 10.1. The first-order valence-electron chi connectivity index (χ1n) is 6.43. The number of aromatic nitrogens is 1. The Morgan fingerprint density at radius 3 is 2.80 bits per heavy atom. The second kappa shape index (κ2) is 5.77. The first kappa shape index (κ1) is 14.1. The number of rotatable bonds is 4. The number of hydrogen-bond acceptors (Lipinski definition) is 3. The van der Waals surface area contributed by atoms with Gasteiger partial charge in [0, 0.05) is 30.9 Å². The van der Waals surface area contributed by atoms with Crippen molar-refractivity contribution in [2.24, 2.45) is 5.92 Å². The van der Waals surface area contributed by atoms with Gasteiger partial charge in [0.2, 0.25) is 0 Å². The summed E-state index contributed by atoms with van der Waals surface area (Å²) in [5.74, 6) is -0.773. The summed E-state index contributed by atoms with van der Waals surface area (Å²) in [6, 6.07) is 7.46. The number of hydrogen-bond donors (Lipinski definition) is 1. The normalized spacial score (nSPS) is 12.2. The highest BCUT2D eigenvalue weighted by Gasteiger charge is 2.19. The van der Waals surface area contributed by atoms with Gasteiger partial charge in [-0.25, -0.2) is 0 Å². The number of H-pyrrole nitrogens is 1. The van der Waals surface area contributed by atoms with Gasteiger partial charge in [0.15, 0.2) is 0 Å². The molecule has 0 saturated heterocycles. The molecule has 1 amide bonds.